The summed E-state index contributed by atoms with van der Waals surface area (Å²) in [5.41, 5.74) is 2.81. The number of aromatic hydroxyl groups is 1. The van der Waals surface area contributed by atoms with E-state index in [0.29, 0.717) is 10.9 Å². The highest BCUT2D eigenvalue weighted by Gasteiger charge is 2.22. The summed E-state index contributed by atoms with van der Waals surface area (Å²) in [5, 5.41) is 16.7. The van der Waals surface area contributed by atoms with E-state index in [1.807, 2.05) is 24.3 Å². The van der Waals surface area contributed by atoms with Crippen molar-refractivity contribution < 1.29 is 5.11 Å². The molecule has 1 aliphatic rings. The molecular formula is C22H16N4O3. The fraction of sp³-hybridized carbons (Fsp3) is 0.0455. The van der Waals surface area contributed by atoms with Crippen molar-refractivity contribution in [3.05, 3.63) is 80.4 Å². The number of pyridine rings is 1. The molecule has 3 N–H and O–H groups in total. The molecule has 0 radical (unpaired) electrons. The monoisotopic (exact) mass is 384 g/mol. The molecule has 7 nitrogen and oxygen atoms in total. The number of aryl methyl sites for hydroxylation is 1. The Labute approximate surface area is 164 Å². The Bertz CT molecular complexity index is 1470. The first-order valence-electron chi connectivity index (χ1n) is 9.03. The number of aromatic nitrogens is 3. The van der Waals surface area contributed by atoms with E-state index >= 15 is 0 Å². The third-order valence-corrected chi connectivity index (χ3v) is 5.20. The molecule has 3 heterocycles. The molecule has 4 aromatic rings. The van der Waals surface area contributed by atoms with Crippen LogP contribution in [0, 0.1) is 0 Å². The molecule has 0 saturated carbocycles. The van der Waals surface area contributed by atoms with Crippen LogP contribution >= 0.6 is 0 Å². The molecule has 5 rings (SSSR count). The van der Waals surface area contributed by atoms with Crippen LogP contribution in [-0.4, -0.2) is 26.1 Å². The maximum Gasteiger partial charge on any atom is 0.271 e. The number of rotatable bonds is 2. The highest BCUT2D eigenvalue weighted by atomic mass is 16.3. The zero-order chi connectivity index (χ0) is 20.1. The van der Waals surface area contributed by atoms with Gasteiger partial charge in [-0.05, 0) is 24.3 Å². The number of hydrogen-bond donors (Lipinski definition) is 3. The second kappa shape index (κ2) is 6.20. The van der Waals surface area contributed by atoms with Gasteiger partial charge in [-0.2, -0.15) is 0 Å². The van der Waals surface area contributed by atoms with Gasteiger partial charge in [0.25, 0.3) is 11.1 Å². The molecule has 0 atom stereocenters. The Morgan fingerprint density at radius 3 is 2.66 bits per heavy atom. The Morgan fingerprint density at radius 2 is 1.79 bits per heavy atom. The summed E-state index contributed by atoms with van der Waals surface area (Å²) in [6, 6.07) is 14.7. The first-order chi connectivity index (χ1) is 14.1. The van der Waals surface area contributed by atoms with Crippen molar-refractivity contribution in [3.63, 3.8) is 0 Å². The first kappa shape index (κ1) is 17.0. The van der Waals surface area contributed by atoms with Crippen LogP contribution < -0.4 is 11.1 Å². The van der Waals surface area contributed by atoms with Crippen LogP contribution in [0.2, 0.25) is 0 Å². The van der Waals surface area contributed by atoms with Crippen LogP contribution in [0.15, 0.2) is 63.1 Å². The summed E-state index contributed by atoms with van der Waals surface area (Å²) in [6.45, 7) is 0. The van der Waals surface area contributed by atoms with Gasteiger partial charge in [-0.25, -0.2) is 0 Å². The normalized spacial score (nSPS) is 14.0. The third-order valence-electron chi connectivity index (χ3n) is 5.20. The van der Waals surface area contributed by atoms with Gasteiger partial charge in [-0.3, -0.25) is 24.8 Å². The van der Waals surface area contributed by atoms with E-state index in [4.69, 9.17) is 0 Å². The number of H-pyrrole nitrogens is 2. The Balaban J connectivity index is 1.78. The number of benzene rings is 2. The number of nitrogens with zero attached hydrogens (tertiary/aromatic N) is 2. The number of allylic oxidation sites excluding steroid dienone is 1. The van der Waals surface area contributed by atoms with E-state index in [2.05, 4.69) is 15.2 Å². The van der Waals surface area contributed by atoms with E-state index in [1.165, 1.54) is 4.57 Å². The molecule has 2 aromatic heterocycles. The van der Waals surface area contributed by atoms with E-state index < -0.39 is 5.56 Å². The van der Waals surface area contributed by atoms with Gasteiger partial charge in [0.15, 0.2) is 0 Å². The molecule has 0 aliphatic carbocycles. The van der Waals surface area contributed by atoms with Crippen LogP contribution in [0.5, 0.6) is 5.75 Å². The van der Waals surface area contributed by atoms with E-state index in [9.17, 15) is 14.7 Å². The summed E-state index contributed by atoms with van der Waals surface area (Å²) in [5.74, 6) is -0.168. The SMILES string of the molecule is Cn1c(=O)c(-c2[nH][nH]c(=O)c2/C=C2/C=Nc3ccccc32)c(O)c2ccccc21. The van der Waals surface area contributed by atoms with Crippen LogP contribution in [-0.2, 0) is 7.05 Å². The Kier molecular flexibility index (Phi) is 3.64. The number of nitrogens with one attached hydrogen (secondary N) is 2. The van der Waals surface area contributed by atoms with E-state index in [-0.39, 0.29) is 28.1 Å². The van der Waals surface area contributed by atoms with Gasteiger partial charge < -0.3 is 9.67 Å². The lowest BCUT2D eigenvalue weighted by Gasteiger charge is -2.11. The van der Waals surface area contributed by atoms with Crippen LogP contribution in [0.3, 0.4) is 0 Å². The van der Waals surface area contributed by atoms with Gasteiger partial charge in [0, 0.05) is 29.8 Å². The lowest BCUT2D eigenvalue weighted by Crippen LogP contribution is -2.19. The predicted octanol–water partition coefficient (Wildman–Crippen LogP) is 3.18. The maximum atomic E-state index is 13.0. The average molecular weight is 384 g/mol. The van der Waals surface area contributed by atoms with Crippen molar-refractivity contribution in [1.82, 2.24) is 14.8 Å². The molecule has 0 spiro atoms. The minimum Gasteiger partial charge on any atom is -0.506 e. The molecule has 7 heteroatoms. The molecule has 29 heavy (non-hydrogen) atoms. The highest BCUT2D eigenvalue weighted by Crippen LogP contribution is 2.35. The zero-order valence-corrected chi connectivity index (χ0v) is 15.4. The minimum absolute atomic E-state index is 0.0413. The standard InChI is InChI=1S/C22H16N4O3/c1-26-17-9-5-3-7-14(17)20(27)18(22(26)29)19-15(21(28)25-24-19)10-12-11-23-16-8-4-2-6-13(12)16/h2-11,27H,1H3,(H2,24,25,28)/b12-10-. The Morgan fingerprint density at radius 1 is 1.03 bits per heavy atom. The summed E-state index contributed by atoms with van der Waals surface area (Å²) < 4.78 is 1.46. The number of aromatic amines is 2. The van der Waals surface area contributed by atoms with Gasteiger partial charge in [-0.1, -0.05) is 30.3 Å². The molecule has 0 bridgehead atoms. The molecule has 0 fully saturated rings. The maximum absolute atomic E-state index is 13.0. The lowest BCUT2D eigenvalue weighted by molar-refractivity contribution is 0.481. The van der Waals surface area contributed by atoms with Gasteiger partial charge >= 0.3 is 0 Å². The molecule has 1 aliphatic heterocycles. The van der Waals surface area contributed by atoms with Crippen molar-refractivity contribution in [3.8, 4) is 17.0 Å². The predicted molar refractivity (Wildman–Crippen MR) is 114 cm³/mol. The molecular weight excluding hydrogens is 368 g/mol. The summed E-state index contributed by atoms with van der Waals surface area (Å²) in [6.07, 6.45) is 3.35. The third kappa shape index (κ3) is 2.48. The van der Waals surface area contributed by atoms with Crippen molar-refractivity contribution in [2.45, 2.75) is 0 Å². The lowest BCUT2D eigenvalue weighted by atomic mass is 10.0. The van der Waals surface area contributed by atoms with E-state index in [1.54, 1.807) is 43.6 Å². The van der Waals surface area contributed by atoms with Crippen molar-refractivity contribution in [1.29, 1.82) is 0 Å². The van der Waals surface area contributed by atoms with E-state index in [0.717, 1.165) is 16.8 Å². The minimum atomic E-state index is -0.406. The molecule has 142 valence electrons. The number of hydrogen-bond acceptors (Lipinski definition) is 4. The van der Waals surface area contributed by atoms with Crippen molar-refractivity contribution in [2.75, 3.05) is 0 Å². The van der Waals surface area contributed by atoms with Gasteiger partial charge in [0.2, 0.25) is 0 Å². The first-order valence-corrected chi connectivity index (χ1v) is 9.03. The molecule has 0 saturated heterocycles. The highest BCUT2D eigenvalue weighted by molar-refractivity contribution is 6.21. The fourth-order valence-corrected chi connectivity index (χ4v) is 3.72. The summed E-state index contributed by atoms with van der Waals surface area (Å²) in [7, 11) is 1.64. The fourth-order valence-electron chi connectivity index (χ4n) is 3.72. The van der Waals surface area contributed by atoms with Crippen molar-refractivity contribution in [2.24, 2.45) is 12.0 Å². The quantitative estimate of drug-likeness (QED) is 0.494. The molecule has 2 aromatic carbocycles. The number of aliphatic imine (C=N–C) groups is 1. The van der Waals surface area contributed by atoms with Gasteiger partial charge in [-0.15, -0.1) is 0 Å². The number of para-hydroxylation sites is 2. The average Bonchev–Trinajstić information content (AvgIpc) is 3.31. The topological polar surface area (TPSA) is 103 Å². The van der Waals surface area contributed by atoms with Crippen LogP contribution in [0.25, 0.3) is 33.8 Å². The van der Waals surface area contributed by atoms with Crippen LogP contribution in [0.4, 0.5) is 5.69 Å². The Hall–Kier alpha value is -4.13. The second-order valence-corrected chi connectivity index (χ2v) is 6.85. The van der Waals surface area contributed by atoms with Crippen LogP contribution in [0.1, 0.15) is 11.1 Å². The summed E-state index contributed by atoms with van der Waals surface area (Å²) >= 11 is 0. The molecule has 0 unspecified atom stereocenters. The number of fused-ring (bicyclic) bond motifs is 2. The zero-order valence-electron chi connectivity index (χ0n) is 15.4. The largest absolute Gasteiger partial charge is 0.506 e. The molecule has 0 amide bonds. The van der Waals surface area contributed by atoms with Crippen molar-refractivity contribution >= 4 is 34.5 Å². The summed E-state index contributed by atoms with van der Waals surface area (Å²) in [4.78, 5) is 29.9. The second-order valence-electron chi connectivity index (χ2n) is 6.85. The van der Waals surface area contributed by atoms with Gasteiger partial charge in [0.1, 0.15) is 11.3 Å². The van der Waals surface area contributed by atoms with Gasteiger partial charge in [0.05, 0.1) is 22.5 Å². The smallest absolute Gasteiger partial charge is 0.271 e.